The zero-order valence-corrected chi connectivity index (χ0v) is 11.4. The van der Waals surface area contributed by atoms with Gasteiger partial charge in [-0.3, -0.25) is 5.43 Å². The first kappa shape index (κ1) is 12.8. The summed E-state index contributed by atoms with van der Waals surface area (Å²) < 4.78 is 11.5. The Morgan fingerprint density at radius 3 is 2.22 bits per heavy atom. The van der Waals surface area contributed by atoms with Gasteiger partial charge in [-0.1, -0.05) is 0 Å². The van der Waals surface area contributed by atoms with Gasteiger partial charge < -0.3 is 14.4 Å². The molecule has 1 saturated carbocycles. The molecule has 3 rings (SSSR count). The summed E-state index contributed by atoms with van der Waals surface area (Å²) in [5, 5.41) is 2.39. The SMILES string of the molecule is CN1CCN(NC2CCC3(CC2)OCCO3)CC1. The number of likely N-dealkylation sites (N-methyl/N-ethyl adjacent to an activating group) is 1. The molecule has 1 aliphatic carbocycles. The van der Waals surface area contributed by atoms with Gasteiger partial charge in [0.1, 0.15) is 0 Å². The highest BCUT2D eigenvalue weighted by Gasteiger charge is 2.40. The molecule has 0 bridgehead atoms. The highest BCUT2D eigenvalue weighted by Crippen LogP contribution is 2.35. The van der Waals surface area contributed by atoms with E-state index in [0.29, 0.717) is 6.04 Å². The largest absolute Gasteiger partial charge is 0.348 e. The Hall–Kier alpha value is -0.200. The van der Waals surface area contributed by atoms with E-state index in [9.17, 15) is 0 Å². The summed E-state index contributed by atoms with van der Waals surface area (Å²) in [6.07, 6.45) is 4.40. The van der Waals surface area contributed by atoms with Crippen LogP contribution in [0.2, 0.25) is 0 Å². The predicted molar refractivity (Wildman–Crippen MR) is 69.1 cm³/mol. The zero-order chi connectivity index (χ0) is 12.4. The van der Waals surface area contributed by atoms with Crippen LogP contribution in [0.3, 0.4) is 0 Å². The lowest BCUT2D eigenvalue weighted by atomic mass is 9.90. The molecule has 0 amide bonds. The normalized spacial score (nSPS) is 31.2. The van der Waals surface area contributed by atoms with Crippen LogP contribution in [0.5, 0.6) is 0 Å². The second-order valence-corrected chi connectivity index (χ2v) is 5.80. The molecule has 1 N–H and O–H groups in total. The Bertz CT molecular complexity index is 263. The maximum atomic E-state index is 5.76. The molecule has 2 aliphatic heterocycles. The van der Waals surface area contributed by atoms with Crippen LogP contribution >= 0.6 is 0 Å². The van der Waals surface area contributed by atoms with Crippen LogP contribution in [0.15, 0.2) is 0 Å². The third-order valence-corrected chi connectivity index (χ3v) is 4.43. The van der Waals surface area contributed by atoms with Crippen molar-refractivity contribution in [1.29, 1.82) is 0 Å². The summed E-state index contributed by atoms with van der Waals surface area (Å²) in [5.74, 6) is -0.222. The Morgan fingerprint density at radius 1 is 1.00 bits per heavy atom. The Labute approximate surface area is 109 Å². The summed E-state index contributed by atoms with van der Waals surface area (Å²) in [6.45, 7) is 6.13. The standard InChI is InChI=1S/C13H25N3O2/c1-15-6-8-16(9-7-15)14-12-2-4-13(5-3-12)17-10-11-18-13/h12,14H,2-11H2,1H3. The number of hydrogen-bond acceptors (Lipinski definition) is 5. The average molecular weight is 255 g/mol. The maximum Gasteiger partial charge on any atom is 0.168 e. The van der Waals surface area contributed by atoms with Crippen molar-refractivity contribution in [1.82, 2.24) is 15.3 Å². The number of nitrogens with zero attached hydrogens (tertiary/aromatic N) is 2. The molecule has 5 nitrogen and oxygen atoms in total. The molecule has 2 saturated heterocycles. The van der Waals surface area contributed by atoms with E-state index < -0.39 is 0 Å². The van der Waals surface area contributed by atoms with E-state index in [-0.39, 0.29) is 5.79 Å². The van der Waals surface area contributed by atoms with E-state index in [2.05, 4.69) is 22.4 Å². The number of ether oxygens (including phenoxy) is 2. The Balaban J connectivity index is 1.42. The summed E-state index contributed by atoms with van der Waals surface area (Å²) in [5.41, 5.74) is 3.68. The van der Waals surface area contributed by atoms with Crippen LogP contribution in [0, 0.1) is 0 Å². The highest BCUT2D eigenvalue weighted by molar-refractivity contribution is 4.85. The van der Waals surface area contributed by atoms with Crippen LogP contribution in [0.4, 0.5) is 0 Å². The van der Waals surface area contributed by atoms with Crippen LogP contribution in [0.1, 0.15) is 25.7 Å². The molecule has 0 aromatic rings. The fourth-order valence-electron chi connectivity index (χ4n) is 3.17. The first-order valence-electron chi connectivity index (χ1n) is 7.23. The number of nitrogens with one attached hydrogen (secondary N) is 1. The fraction of sp³-hybridized carbons (Fsp3) is 1.00. The van der Waals surface area contributed by atoms with Crippen molar-refractivity contribution in [3.05, 3.63) is 0 Å². The van der Waals surface area contributed by atoms with Crippen LogP contribution < -0.4 is 5.43 Å². The van der Waals surface area contributed by atoms with Gasteiger partial charge in [0.2, 0.25) is 0 Å². The molecular formula is C13H25N3O2. The monoisotopic (exact) mass is 255 g/mol. The summed E-state index contributed by atoms with van der Waals surface area (Å²) >= 11 is 0. The second-order valence-electron chi connectivity index (χ2n) is 5.80. The van der Waals surface area contributed by atoms with Gasteiger partial charge in [-0.25, -0.2) is 5.01 Å². The minimum Gasteiger partial charge on any atom is -0.348 e. The number of hydrogen-bond donors (Lipinski definition) is 1. The van der Waals surface area contributed by atoms with Crippen molar-refractivity contribution in [2.75, 3.05) is 46.4 Å². The number of rotatable bonds is 2. The molecule has 104 valence electrons. The quantitative estimate of drug-likeness (QED) is 0.774. The minimum atomic E-state index is -0.222. The van der Waals surface area contributed by atoms with Crippen molar-refractivity contribution >= 4 is 0 Å². The molecule has 3 fully saturated rings. The lowest BCUT2D eigenvalue weighted by Crippen LogP contribution is -2.55. The molecule has 3 aliphatic rings. The minimum absolute atomic E-state index is 0.222. The van der Waals surface area contributed by atoms with Crippen molar-refractivity contribution in [3.8, 4) is 0 Å². The van der Waals surface area contributed by atoms with E-state index >= 15 is 0 Å². The van der Waals surface area contributed by atoms with E-state index in [1.807, 2.05) is 0 Å². The van der Waals surface area contributed by atoms with Crippen LogP contribution in [0.25, 0.3) is 0 Å². The second kappa shape index (κ2) is 5.43. The summed E-state index contributed by atoms with van der Waals surface area (Å²) in [6, 6.07) is 0.604. The molecule has 18 heavy (non-hydrogen) atoms. The molecule has 2 heterocycles. The summed E-state index contributed by atoms with van der Waals surface area (Å²) in [7, 11) is 2.19. The number of piperazine rings is 1. The van der Waals surface area contributed by atoms with Crippen molar-refractivity contribution in [2.24, 2.45) is 0 Å². The topological polar surface area (TPSA) is 37.0 Å². The van der Waals surface area contributed by atoms with Gasteiger partial charge in [0.05, 0.1) is 13.2 Å². The van der Waals surface area contributed by atoms with E-state index in [1.165, 1.54) is 0 Å². The van der Waals surface area contributed by atoms with Crippen molar-refractivity contribution in [2.45, 2.75) is 37.5 Å². The molecule has 0 atom stereocenters. The lowest BCUT2D eigenvalue weighted by molar-refractivity contribution is -0.181. The Kier molecular flexibility index (Phi) is 3.86. The number of hydrazine groups is 1. The Morgan fingerprint density at radius 2 is 1.61 bits per heavy atom. The molecular weight excluding hydrogens is 230 g/mol. The smallest absolute Gasteiger partial charge is 0.168 e. The van der Waals surface area contributed by atoms with E-state index in [1.54, 1.807) is 0 Å². The van der Waals surface area contributed by atoms with Gasteiger partial charge in [0, 0.05) is 45.1 Å². The third-order valence-electron chi connectivity index (χ3n) is 4.43. The molecule has 1 spiro atoms. The van der Waals surface area contributed by atoms with Gasteiger partial charge in [-0.05, 0) is 19.9 Å². The average Bonchev–Trinajstić information content (AvgIpc) is 2.84. The van der Waals surface area contributed by atoms with Gasteiger partial charge >= 0.3 is 0 Å². The van der Waals surface area contributed by atoms with E-state index in [4.69, 9.17) is 9.47 Å². The van der Waals surface area contributed by atoms with Gasteiger partial charge in [0.25, 0.3) is 0 Å². The highest BCUT2D eigenvalue weighted by atomic mass is 16.7. The van der Waals surface area contributed by atoms with Gasteiger partial charge in [-0.2, -0.15) is 0 Å². The fourth-order valence-corrected chi connectivity index (χ4v) is 3.17. The molecule has 0 aromatic heterocycles. The first-order valence-corrected chi connectivity index (χ1v) is 7.23. The van der Waals surface area contributed by atoms with Crippen molar-refractivity contribution < 1.29 is 9.47 Å². The molecule has 0 aromatic carbocycles. The maximum absolute atomic E-state index is 5.76. The van der Waals surface area contributed by atoms with Crippen LogP contribution in [-0.4, -0.2) is 68.2 Å². The lowest BCUT2D eigenvalue weighted by Gasteiger charge is -2.40. The van der Waals surface area contributed by atoms with E-state index in [0.717, 1.165) is 65.1 Å². The van der Waals surface area contributed by atoms with Crippen molar-refractivity contribution in [3.63, 3.8) is 0 Å². The van der Waals surface area contributed by atoms with Crippen LogP contribution in [-0.2, 0) is 9.47 Å². The third kappa shape index (κ3) is 2.86. The molecule has 0 unspecified atom stereocenters. The molecule has 5 heteroatoms. The summed E-state index contributed by atoms with van der Waals surface area (Å²) in [4.78, 5) is 2.38. The molecule has 0 radical (unpaired) electrons. The van der Waals surface area contributed by atoms with Gasteiger partial charge in [-0.15, -0.1) is 0 Å². The predicted octanol–water partition coefficient (Wildman–Crippen LogP) is 0.424. The van der Waals surface area contributed by atoms with Gasteiger partial charge in [0.15, 0.2) is 5.79 Å². The zero-order valence-electron chi connectivity index (χ0n) is 11.4. The first-order chi connectivity index (χ1) is 8.76.